The Bertz CT molecular complexity index is 304. The van der Waals surface area contributed by atoms with Crippen molar-refractivity contribution >= 4 is 0 Å². The zero-order valence-corrected chi connectivity index (χ0v) is 10.2. The van der Waals surface area contributed by atoms with E-state index in [0.29, 0.717) is 6.04 Å². The van der Waals surface area contributed by atoms with Crippen molar-refractivity contribution in [2.24, 2.45) is 11.8 Å². The number of rotatable bonds is 3. The summed E-state index contributed by atoms with van der Waals surface area (Å²) in [4.78, 5) is 8.35. The van der Waals surface area contributed by atoms with Crippen LogP contribution in [0.15, 0.2) is 18.6 Å². The highest BCUT2D eigenvalue weighted by molar-refractivity contribution is 5.06. The van der Waals surface area contributed by atoms with Gasteiger partial charge in [0.15, 0.2) is 0 Å². The van der Waals surface area contributed by atoms with Crippen LogP contribution in [0.4, 0.5) is 0 Å². The summed E-state index contributed by atoms with van der Waals surface area (Å²) < 4.78 is 0. The van der Waals surface area contributed by atoms with Crippen LogP contribution >= 0.6 is 0 Å². The maximum atomic E-state index is 4.37. The predicted molar refractivity (Wildman–Crippen MR) is 65.0 cm³/mol. The number of hydrogen-bond donors (Lipinski definition) is 1. The fraction of sp³-hybridized carbons (Fsp3) is 0.692. The summed E-state index contributed by atoms with van der Waals surface area (Å²) in [6.45, 7) is 2.36. The Hall–Kier alpha value is -0.960. The Labute approximate surface area is 97.7 Å². The molecule has 2 rings (SSSR count). The maximum absolute atomic E-state index is 4.37. The third-order valence-electron chi connectivity index (χ3n) is 3.77. The van der Waals surface area contributed by atoms with E-state index < -0.39 is 0 Å². The number of aromatic nitrogens is 2. The van der Waals surface area contributed by atoms with Gasteiger partial charge in [-0.05, 0) is 37.8 Å². The largest absolute Gasteiger partial charge is 0.311 e. The molecule has 0 aliphatic heterocycles. The molecule has 88 valence electrons. The molecule has 1 heterocycles. The van der Waals surface area contributed by atoms with E-state index in [1.165, 1.54) is 25.7 Å². The van der Waals surface area contributed by atoms with Crippen molar-refractivity contribution in [3.05, 3.63) is 24.3 Å². The Balaban J connectivity index is 2.05. The van der Waals surface area contributed by atoms with Gasteiger partial charge in [0.2, 0.25) is 0 Å². The molecular weight excluding hydrogens is 198 g/mol. The molecule has 3 nitrogen and oxygen atoms in total. The minimum atomic E-state index is 0.399. The lowest BCUT2D eigenvalue weighted by Gasteiger charge is -2.32. The Morgan fingerprint density at radius 1 is 1.31 bits per heavy atom. The van der Waals surface area contributed by atoms with Gasteiger partial charge in [-0.15, -0.1) is 0 Å². The standard InChI is InChI=1S/C13H21N3/c1-10-3-5-11(6-4-10)13(14-2)12-7-8-15-9-16-12/h7-11,13-14H,3-6H2,1-2H3. The second-order valence-electron chi connectivity index (χ2n) is 4.92. The van der Waals surface area contributed by atoms with Crippen LogP contribution in [0.5, 0.6) is 0 Å². The molecule has 1 unspecified atom stereocenters. The second-order valence-corrected chi connectivity index (χ2v) is 4.92. The van der Waals surface area contributed by atoms with E-state index in [0.717, 1.165) is 17.5 Å². The minimum absolute atomic E-state index is 0.399. The quantitative estimate of drug-likeness (QED) is 0.849. The molecule has 1 N–H and O–H groups in total. The molecule has 0 aromatic carbocycles. The summed E-state index contributed by atoms with van der Waals surface area (Å²) in [6, 6.07) is 2.43. The Morgan fingerprint density at radius 2 is 2.06 bits per heavy atom. The van der Waals surface area contributed by atoms with Gasteiger partial charge in [-0.3, -0.25) is 0 Å². The molecule has 1 aliphatic rings. The van der Waals surface area contributed by atoms with E-state index in [1.54, 1.807) is 6.33 Å². The van der Waals surface area contributed by atoms with Gasteiger partial charge in [0.05, 0.1) is 11.7 Å². The van der Waals surface area contributed by atoms with Gasteiger partial charge in [-0.2, -0.15) is 0 Å². The van der Waals surface area contributed by atoms with Gasteiger partial charge >= 0.3 is 0 Å². The Kier molecular flexibility index (Phi) is 3.88. The number of nitrogens with zero attached hydrogens (tertiary/aromatic N) is 2. The zero-order valence-electron chi connectivity index (χ0n) is 10.2. The van der Waals surface area contributed by atoms with Gasteiger partial charge < -0.3 is 5.32 Å². The minimum Gasteiger partial charge on any atom is -0.311 e. The first-order valence-corrected chi connectivity index (χ1v) is 6.24. The van der Waals surface area contributed by atoms with Crippen LogP contribution in [-0.2, 0) is 0 Å². The predicted octanol–water partition coefficient (Wildman–Crippen LogP) is 2.56. The van der Waals surface area contributed by atoms with Crippen molar-refractivity contribution in [2.75, 3.05) is 7.05 Å². The van der Waals surface area contributed by atoms with Gasteiger partial charge in [0.25, 0.3) is 0 Å². The van der Waals surface area contributed by atoms with Gasteiger partial charge in [0.1, 0.15) is 6.33 Å². The summed E-state index contributed by atoms with van der Waals surface area (Å²) in [7, 11) is 2.03. The molecule has 0 bridgehead atoms. The fourth-order valence-electron chi connectivity index (χ4n) is 2.73. The lowest BCUT2D eigenvalue weighted by atomic mass is 9.78. The van der Waals surface area contributed by atoms with Crippen molar-refractivity contribution in [1.82, 2.24) is 15.3 Å². The summed E-state index contributed by atoms with van der Waals surface area (Å²) in [6.07, 6.45) is 8.82. The van der Waals surface area contributed by atoms with E-state index >= 15 is 0 Å². The van der Waals surface area contributed by atoms with Crippen molar-refractivity contribution in [2.45, 2.75) is 38.6 Å². The average Bonchev–Trinajstić information content (AvgIpc) is 2.34. The van der Waals surface area contributed by atoms with Crippen LogP contribution < -0.4 is 5.32 Å². The third-order valence-corrected chi connectivity index (χ3v) is 3.77. The number of hydrogen-bond acceptors (Lipinski definition) is 3. The molecule has 0 amide bonds. The SMILES string of the molecule is CNC(c1ccncn1)C1CCC(C)CC1. The van der Waals surface area contributed by atoms with Gasteiger partial charge in [-0.1, -0.05) is 19.8 Å². The van der Waals surface area contributed by atoms with Crippen LogP contribution in [0.1, 0.15) is 44.3 Å². The first kappa shape index (κ1) is 11.5. The molecule has 0 spiro atoms. The highest BCUT2D eigenvalue weighted by Crippen LogP contribution is 2.35. The molecule has 0 saturated heterocycles. The first-order valence-electron chi connectivity index (χ1n) is 6.24. The Morgan fingerprint density at radius 3 is 2.62 bits per heavy atom. The molecule has 1 fully saturated rings. The number of nitrogens with one attached hydrogen (secondary N) is 1. The van der Waals surface area contributed by atoms with Crippen LogP contribution in [0.25, 0.3) is 0 Å². The van der Waals surface area contributed by atoms with Crippen LogP contribution in [0, 0.1) is 11.8 Å². The van der Waals surface area contributed by atoms with Crippen molar-refractivity contribution < 1.29 is 0 Å². The lowest BCUT2D eigenvalue weighted by molar-refractivity contribution is 0.235. The molecular formula is C13H21N3. The molecule has 1 aliphatic carbocycles. The van der Waals surface area contributed by atoms with Crippen molar-refractivity contribution in [1.29, 1.82) is 0 Å². The zero-order chi connectivity index (χ0) is 11.4. The summed E-state index contributed by atoms with van der Waals surface area (Å²) in [5.41, 5.74) is 1.14. The monoisotopic (exact) mass is 219 g/mol. The summed E-state index contributed by atoms with van der Waals surface area (Å²) in [5, 5.41) is 3.41. The van der Waals surface area contributed by atoms with E-state index in [2.05, 4.69) is 22.2 Å². The maximum Gasteiger partial charge on any atom is 0.115 e. The van der Waals surface area contributed by atoms with E-state index in [-0.39, 0.29) is 0 Å². The van der Waals surface area contributed by atoms with E-state index in [9.17, 15) is 0 Å². The molecule has 1 saturated carbocycles. The molecule has 0 radical (unpaired) electrons. The normalized spacial score (nSPS) is 27.6. The highest BCUT2D eigenvalue weighted by Gasteiger charge is 2.26. The van der Waals surface area contributed by atoms with Crippen molar-refractivity contribution in [3.63, 3.8) is 0 Å². The van der Waals surface area contributed by atoms with E-state index in [1.807, 2.05) is 19.3 Å². The molecule has 3 heteroatoms. The molecule has 1 atom stereocenters. The topological polar surface area (TPSA) is 37.8 Å². The van der Waals surface area contributed by atoms with Crippen molar-refractivity contribution in [3.8, 4) is 0 Å². The molecule has 1 aromatic rings. The van der Waals surface area contributed by atoms with Crippen LogP contribution in [-0.4, -0.2) is 17.0 Å². The smallest absolute Gasteiger partial charge is 0.115 e. The summed E-state index contributed by atoms with van der Waals surface area (Å²) >= 11 is 0. The summed E-state index contributed by atoms with van der Waals surface area (Å²) in [5.74, 6) is 1.63. The molecule has 1 aromatic heterocycles. The first-order chi connectivity index (χ1) is 7.81. The fourth-order valence-corrected chi connectivity index (χ4v) is 2.73. The molecule has 16 heavy (non-hydrogen) atoms. The highest BCUT2D eigenvalue weighted by atomic mass is 14.9. The van der Waals surface area contributed by atoms with Crippen LogP contribution in [0.2, 0.25) is 0 Å². The van der Waals surface area contributed by atoms with Gasteiger partial charge in [0, 0.05) is 6.20 Å². The van der Waals surface area contributed by atoms with Crippen LogP contribution in [0.3, 0.4) is 0 Å². The average molecular weight is 219 g/mol. The lowest BCUT2D eigenvalue weighted by Crippen LogP contribution is -2.29. The van der Waals surface area contributed by atoms with Gasteiger partial charge in [-0.25, -0.2) is 9.97 Å². The third kappa shape index (κ3) is 2.59. The van der Waals surface area contributed by atoms with E-state index in [4.69, 9.17) is 0 Å². The second kappa shape index (κ2) is 5.39.